The Morgan fingerprint density at radius 1 is 1.45 bits per heavy atom. The molecule has 7 nitrogen and oxygen atoms in total. The number of H-pyrrole nitrogens is 1. The third-order valence-electron chi connectivity index (χ3n) is 2.97. The number of hydrogen-bond acceptors (Lipinski definition) is 5. The molecule has 2 aromatic rings. The van der Waals surface area contributed by atoms with Gasteiger partial charge in [0.15, 0.2) is 5.16 Å². The number of anilines is 1. The summed E-state index contributed by atoms with van der Waals surface area (Å²) in [5.74, 6) is 0. The van der Waals surface area contributed by atoms with Crippen LogP contribution in [-0.4, -0.2) is 24.5 Å². The van der Waals surface area contributed by atoms with Gasteiger partial charge in [-0.05, 0) is 32.0 Å². The Morgan fingerprint density at radius 3 is 2.75 bits per heavy atom. The van der Waals surface area contributed by atoms with Gasteiger partial charge >= 0.3 is 5.69 Å². The van der Waals surface area contributed by atoms with Crippen molar-refractivity contribution in [2.75, 3.05) is 5.73 Å². The van der Waals surface area contributed by atoms with Gasteiger partial charge in [0.25, 0.3) is 0 Å². The highest BCUT2D eigenvalue weighted by Gasteiger charge is 2.19. The topological polar surface area (TPSA) is 94.5 Å². The van der Waals surface area contributed by atoms with Crippen LogP contribution in [0.15, 0.2) is 15.0 Å². The first kappa shape index (κ1) is 14.7. The molecule has 0 amide bonds. The average Bonchev–Trinajstić information content (AvgIpc) is 2.86. The average molecular weight is 296 g/mol. The maximum Gasteiger partial charge on any atom is 0.344 e. The highest BCUT2D eigenvalue weighted by atomic mass is 32.2. The first-order valence-electron chi connectivity index (χ1n) is 6.61. The monoisotopic (exact) mass is 296 g/mol. The second kappa shape index (κ2) is 5.74. The fourth-order valence-corrected chi connectivity index (χ4v) is 3.08. The maximum absolute atomic E-state index is 11.7. The summed E-state index contributed by atoms with van der Waals surface area (Å²) in [6.07, 6.45) is 1.84. The minimum absolute atomic E-state index is 0.0355. The number of nitrogens with two attached hydrogens (primary N) is 1. The lowest BCUT2D eigenvalue weighted by molar-refractivity contribution is 0.533. The number of aromatic nitrogens is 5. The van der Waals surface area contributed by atoms with Crippen LogP contribution in [0.1, 0.15) is 38.9 Å². The van der Waals surface area contributed by atoms with Gasteiger partial charge in [0.1, 0.15) is 5.03 Å². The maximum atomic E-state index is 11.7. The fraction of sp³-hybridized carbons (Fsp3) is 0.583. The van der Waals surface area contributed by atoms with E-state index in [9.17, 15) is 4.79 Å². The van der Waals surface area contributed by atoms with E-state index < -0.39 is 0 Å². The number of nitrogen functional groups attached to an aromatic ring is 1. The number of nitrogens with one attached hydrogen (secondary N) is 1. The summed E-state index contributed by atoms with van der Waals surface area (Å²) >= 11 is 1.36. The highest BCUT2D eigenvalue weighted by molar-refractivity contribution is 7.99. The molecule has 0 unspecified atom stereocenters. The van der Waals surface area contributed by atoms with E-state index in [2.05, 4.69) is 22.2 Å². The van der Waals surface area contributed by atoms with Crippen LogP contribution in [0, 0.1) is 0 Å². The molecule has 2 heterocycles. The summed E-state index contributed by atoms with van der Waals surface area (Å²) in [5.41, 5.74) is 7.50. The van der Waals surface area contributed by atoms with Crippen LogP contribution in [0.5, 0.6) is 0 Å². The molecule has 2 rings (SSSR count). The fourth-order valence-electron chi connectivity index (χ4n) is 2.02. The first-order chi connectivity index (χ1) is 9.45. The summed E-state index contributed by atoms with van der Waals surface area (Å²) in [6.45, 7) is 5.97. The third kappa shape index (κ3) is 2.60. The number of hydrogen-bond donors (Lipinski definition) is 2. The van der Waals surface area contributed by atoms with E-state index in [0.29, 0.717) is 10.8 Å². The van der Waals surface area contributed by atoms with E-state index in [0.717, 1.165) is 23.6 Å². The Labute approximate surface area is 121 Å². The van der Waals surface area contributed by atoms with E-state index in [-0.39, 0.29) is 11.7 Å². The quantitative estimate of drug-likeness (QED) is 0.873. The minimum Gasteiger partial charge on any atom is -0.395 e. The Hall–Kier alpha value is -1.70. The van der Waals surface area contributed by atoms with Crippen molar-refractivity contribution < 1.29 is 0 Å². The number of rotatable bonds is 5. The van der Waals surface area contributed by atoms with Crippen LogP contribution in [0.25, 0.3) is 0 Å². The molecule has 0 radical (unpaired) electrons. The van der Waals surface area contributed by atoms with E-state index in [1.165, 1.54) is 11.8 Å². The summed E-state index contributed by atoms with van der Waals surface area (Å²) in [5, 5.41) is 12.4. The molecular weight excluding hydrogens is 276 g/mol. The van der Waals surface area contributed by atoms with Gasteiger partial charge in [0.2, 0.25) is 0 Å². The largest absolute Gasteiger partial charge is 0.395 e. The summed E-state index contributed by atoms with van der Waals surface area (Å²) in [4.78, 5) is 11.7. The van der Waals surface area contributed by atoms with Crippen molar-refractivity contribution in [3.8, 4) is 0 Å². The van der Waals surface area contributed by atoms with E-state index in [4.69, 9.17) is 5.73 Å². The van der Waals surface area contributed by atoms with Crippen LogP contribution >= 0.6 is 11.8 Å². The van der Waals surface area contributed by atoms with Gasteiger partial charge in [-0.2, -0.15) is 5.10 Å². The lowest BCUT2D eigenvalue weighted by Crippen LogP contribution is -2.19. The van der Waals surface area contributed by atoms with Crippen LogP contribution in [0.4, 0.5) is 5.69 Å². The van der Waals surface area contributed by atoms with Crippen molar-refractivity contribution in [2.45, 2.75) is 49.8 Å². The molecule has 110 valence electrons. The normalized spacial score (nSPS) is 11.4. The van der Waals surface area contributed by atoms with Gasteiger partial charge in [-0.3, -0.25) is 9.25 Å². The number of nitrogens with zero attached hydrogens (tertiary/aromatic N) is 4. The molecule has 0 fully saturated rings. The Balaban J connectivity index is 2.38. The standard InChI is InChI=1S/C12H20N6OS/c1-5-6-8-9(13)10(17(4)16-8)20-12-15-14-11(19)18(12)7(2)3/h7H,5-6,13H2,1-4H3,(H,14,19). The molecule has 0 atom stereocenters. The van der Waals surface area contributed by atoms with Gasteiger partial charge in [-0.1, -0.05) is 13.3 Å². The second-order valence-electron chi connectivity index (χ2n) is 4.92. The smallest absolute Gasteiger partial charge is 0.344 e. The summed E-state index contributed by atoms with van der Waals surface area (Å²) in [7, 11) is 1.85. The second-order valence-corrected chi connectivity index (χ2v) is 5.87. The molecule has 3 N–H and O–H groups in total. The molecule has 20 heavy (non-hydrogen) atoms. The molecule has 0 saturated heterocycles. The van der Waals surface area contributed by atoms with Crippen LogP contribution < -0.4 is 11.4 Å². The molecular formula is C12H20N6OS. The van der Waals surface area contributed by atoms with Gasteiger partial charge in [-0.15, -0.1) is 5.10 Å². The molecule has 0 aliphatic carbocycles. The zero-order valence-corrected chi connectivity index (χ0v) is 13.0. The molecule has 2 aromatic heterocycles. The molecule has 0 bridgehead atoms. The predicted octanol–water partition coefficient (Wildman–Crippen LogP) is 1.57. The molecule has 0 aliphatic heterocycles. The van der Waals surface area contributed by atoms with Crippen molar-refractivity contribution in [1.29, 1.82) is 0 Å². The molecule has 0 spiro atoms. The zero-order chi connectivity index (χ0) is 14.9. The van der Waals surface area contributed by atoms with Gasteiger partial charge in [-0.25, -0.2) is 9.89 Å². The van der Waals surface area contributed by atoms with Crippen LogP contribution in [-0.2, 0) is 13.5 Å². The Kier molecular flexibility index (Phi) is 4.22. The molecule has 0 saturated carbocycles. The third-order valence-corrected chi connectivity index (χ3v) is 4.12. The SMILES string of the molecule is CCCc1nn(C)c(Sc2n[nH]c(=O)n2C(C)C)c1N. The Morgan fingerprint density at radius 2 is 2.15 bits per heavy atom. The molecule has 0 aromatic carbocycles. The van der Waals surface area contributed by atoms with Crippen molar-refractivity contribution in [1.82, 2.24) is 24.5 Å². The van der Waals surface area contributed by atoms with Crippen molar-refractivity contribution >= 4 is 17.4 Å². The molecule has 8 heteroatoms. The lowest BCUT2D eigenvalue weighted by Gasteiger charge is -2.08. The van der Waals surface area contributed by atoms with E-state index >= 15 is 0 Å². The lowest BCUT2D eigenvalue weighted by atomic mass is 10.2. The number of aromatic amines is 1. The zero-order valence-electron chi connectivity index (χ0n) is 12.2. The summed E-state index contributed by atoms with van der Waals surface area (Å²) in [6, 6.07) is 0.0355. The van der Waals surface area contributed by atoms with Gasteiger partial charge < -0.3 is 5.73 Å². The predicted molar refractivity (Wildman–Crippen MR) is 79.0 cm³/mol. The van der Waals surface area contributed by atoms with Gasteiger partial charge in [0.05, 0.1) is 11.4 Å². The Bertz CT molecular complexity index is 653. The van der Waals surface area contributed by atoms with Crippen LogP contribution in [0.3, 0.4) is 0 Å². The van der Waals surface area contributed by atoms with Crippen molar-refractivity contribution in [3.63, 3.8) is 0 Å². The summed E-state index contributed by atoms with van der Waals surface area (Å²) < 4.78 is 3.35. The van der Waals surface area contributed by atoms with E-state index in [1.807, 2.05) is 20.9 Å². The highest BCUT2D eigenvalue weighted by Crippen LogP contribution is 2.33. The minimum atomic E-state index is -0.211. The molecule has 0 aliphatic rings. The van der Waals surface area contributed by atoms with Crippen molar-refractivity contribution in [2.24, 2.45) is 7.05 Å². The van der Waals surface area contributed by atoms with Crippen LogP contribution in [0.2, 0.25) is 0 Å². The number of aryl methyl sites for hydroxylation is 2. The van der Waals surface area contributed by atoms with Gasteiger partial charge in [0, 0.05) is 13.1 Å². The van der Waals surface area contributed by atoms with Crippen molar-refractivity contribution in [3.05, 3.63) is 16.2 Å². The van der Waals surface area contributed by atoms with E-state index in [1.54, 1.807) is 9.25 Å². The first-order valence-corrected chi connectivity index (χ1v) is 7.43.